The SMILES string of the molecule is Cc1c2cnn(-c3ccccc3)c(=O)c2c(C)n1C(C)C(=O)NCc1cccc(Cl)c1. The highest BCUT2D eigenvalue weighted by Gasteiger charge is 2.23. The number of hydrogen-bond acceptors (Lipinski definition) is 3. The van der Waals surface area contributed by atoms with Gasteiger partial charge in [0.25, 0.3) is 5.56 Å². The number of hydrogen-bond donors (Lipinski definition) is 1. The third kappa shape index (κ3) is 3.86. The van der Waals surface area contributed by atoms with Crippen LogP contribution in [0.2, 0.25) is 5.02 Å². The normalized spacial score (nSPS) is 12.1. The van der Waals surface area contributed by atoms with Gasteiger partial charge >= 0.3 is 0 Å². The average Bonchev–Trinajstić information content (AvgIpc) is 3.03. The Morgan fingerprint density at radius 2 is 1.84 bits per heavy atom. The predicted octanol–water partition coefficient (Wildman–Crippen LogP) is 4.33. The number of nitrogens with zero attached hydrogens (tertiary/aromatic N) is 3. The molecule has 0 bridgehead atoms. The molecule has 0 aliphatic carbocycles. The first-order chi connectivity index (χ1) is 14.9. The zero-order chi connectivity index (χ0) is 22.1. The van der Waals surface area contributed by atoms with Crippen molar-refractivity contribution in [1.29, 1.82) is 0 Å². The van der Waals surface area contributed by atoms with E-state index in [4.69, 9.17) is 11.6 Å². The molecule has 1 unspecified atom stereocenters. The van der Waals surface area contributed by atoms with E-state index in [2.05, 4.69) is 10.4 Å². The molecule has 7 heteroatoms. The van der Waals surface area contributed by atoms with E-state index in [0.717, 1.165) is 22.3 Å². The highest BCUT2D eigenvalue weighted by atomic mass is 35.5. The van der Waals surface area contributed by atoms with Crippen molar-refractivity contribution >= 4 is 28.3 Å². The predicted molar refractivity (Wildman–Crippen MR) is 123 cm³/mol. The Morgan fingerprint density at radius 3 is 2.55 bits per heavy atom. The molecule has 0 aliphatic rings. The van der Waals surface area contributed by atoms with Gasteiger partial charge in [0, 0.05) is 28.3 Å². The summed E-state index contributed by atoms with van der Waals surface area (Å²) in [4.78, 5) is 26.1. The summed E-state index contributed by atoms with van der Waals surface area (Å²) in [5.41, 5.74) is 3.01. The van der Waals surface area contributed by atoms with Crippen molar-refractivity contribution in [2.45, 2.75) is 33.4 Å². The van der Waals surface area contributed by atoms with Gasteiger partial charge in [0.05, 0.1) is 17.3 Å². The second-order valence-corrected chi connectivity index (χ2v) is 7.99. The van der Waals surface area contributed by atoms with E-state index in [-0.39, 0.29) is 11.5 Å². The van der Waals surface area contributed by atoms with Gasteiger partial charge in [-0.05, 0) is 50.6 Å². The van der Waals surface area contributed by atoms with E-state index in [1.54, 1.807) is 12.3 Å². The average molecular weight is 435 g/mol. The summed E-state index contributed by atoms with van der Waals surface area (Å²) in [6, 6.07) is 16.2. The summed E-state index contributed by atoms with van der Waals surface area (Å²) in [5, 5.41) is 9.27. The summed E-state index contributed by atoms with van der Waals surface area (Å²) in [6.07, 6.45) is 1.69. The van der Waals surface area contributed by atoms with E-state index in [1.807, 2.05) is 73.9 Å². The molecule has 4 aromatic rings. The zero-order valence-electron chi connectivity index (χ0n) is 17.6. The summed E-state index contributed by atoms with van der Waals surface area (Å²) in [6.45, 7) is 5.98. The van der Waals surface area contributed by atoms with Gasteiger partial charge in [0.15, 0.2) is 0 Å². The number of carbonyl (C=O) groups is 1. The van der Waals surface area contributed by atoms with Crippen molar-refractivity contribution in [3.63, 3.8) is 0 Å². The second kappa shape index (κ2) is 8.40. The minimum atomic E-state index is -0.490. The molecule has 2 aromatic heterocycles. The third-order valence-electron chi connectivity index (χ3n) is 5.58. The Labute approximate surface area is 185 Å². The molecule has 1 N–H and O–H groups in total. The van der Waals surface area contributed by atoms with Crippen LogP contribution in [0.25, 0.3) is 16.5 Å². The van der Waals surface area contributed by atoms with Crippen LogP contribution in [0.5, 0.6) is 0 Å². The van der Waals surface area contributed by atoms with Crippen molar-refractivity contribution in [1.82, 2.24) is 19.7 Å². The number of fused-ring (bicyclic) bond motifs is 1. The lowest BCUT2D eigenvalue weighted by Crippen LogP contribution is -2.31. The van der Waals surface area contributed by atoms with Crippen molar-refractivity contribution in [3.05, 3.63) is 93.1 Å². The first-order valence-electron chi connectivity index (χ1n) is 10.1. The van der Waals surface area contributed by atoms with Crippen LogP contribution >= 0.6 is 11.6 Å². The third-order valence-corrected chi connectivity index (χ3v) is 5.81. The van der Waals surface area contributed by atoms with E-state index < -0.39 is 6.04 Å². The molecule has 0 spiro atoms. The Kier molecular flexibility index (Phi) is 5.65. The Balaban J connectivity index is 1.68. The topological polar surface area (TPSA) is 68.9 Å². The molecule has 1 atom stereocenters. The largest absolute Gasteiger partial charge is 0.350 e. The molecule has 2 heterocycles. The quantitative estimate of drug-likeness (QED) is 0.508. The molecule has 0 saturated heterocycles. The van der Waals surface area contributed by atoms with E-state index in [0.29, 0.717) is 22.6 Å². The maximum absolute atomic E-state index is 13.2. The first kappa shape index (κ1) is 20.9. The maximum Gasteiger partial charge on any atom is 0.281 e. The molecule has 31 heavy (non-hydrogen) atoms. The fraction of sp³-hybridized carbons (Fsp3) is 0.208. The lowest BCUT2D eigenvalue weighted by atomic mass is 10.2. The van der Waals surface area contributed by atoms with Gasteiger partial charge < -0.3 is 9.88 Å². The molecule has 0 fully saturated rings. The lowest BCUT2D eigenvalue weighted by molar-refractivity contribution is -0.124. The monoisotopic (exact) mass is 434 g/mol. The highest BCUT2D eigenvalue weighted by Crippen LogP contribution is 2.26. The number of rotatable bonds is 5. The first-order valence-corrected chi connectivity index (χ1v) is 10.4. The van der Waals surface area contributed by atoms with Gasteiger partial charge in [0.2, 0.25) is 5.91 Å². The molecule has 0 aliphatic heterocycles. The van der Waals surface area contributed by atoms with Crippen LogP contribution in [0.3, 0.4) is 0 Å². The van der Waals surface area contributed by atoms with Gasteiger partial charge in [0.1, 0.15) is 6.04 Å². The summed E-state index contributed by atoms with van der Waals surface area (Å²) < 4.78 is 3.29. The standard InChI is InChI=1S/C24H23ClN4O2/c1-15-21-14-27-29(20-10-5-4-6-11-20)24(31)22(21)16(2)28(15)17(3)23(30)26-13-18-8-7-9-19(25)12-18/h4-12,14,17H,13H2,1-3H3,(H,26,30). The number of halogens is 1. The highest BCUT2D eigenvalue weighted by molar-refractivity contribution is 6.30. The van der Waals surface area contributed by atoms with Crippen LogP contribution in [0.15, 0.2) is 65.6 Å². The molecule has 6 nitrogen and oxygen atoms in total. The molecule has 4 rings (SSSR count). The smallest absolute Gasteiger partial charge is 0.281 e. The van der Waals surface area contributed by atoms with Crippen LogP contribution in [-0.2, 0) is 11.3 Å². The second-order valence-electron chi connectivity index (χ2n) is 7.55. The number of para-hydroxylation sites is 1. The van der Waals surface area contributed by atoms with Gasteiger partial charge in [-0.3, -0.25) is 9.59 Å². The summed E-state index contributed by atoms with van der Waals surface area (Å²) in [5.74, 6) is -0.136. The number of carbonyl (C=O) groups excluding carboxylic acids is 1. The van der Waals surface area contributed by atoms with Gasteiger partial charge in [-0.1, -0.05) is 41.9 Å². The van der Waals surface area contributed by atoms with Gasteiger partial charge in [-0.15, -0.1) is 0 Å². The minimum Gasteiger partial charge on any atom is -0.350 e. The van der Waals surface area contributed by atoms with Crippen LogP contribution < -0.4 is 10.9 Å². The summed E-state index contributed by atoms with van der Waals surface area (Å²) in [7, 11) is 0. The fourth-order valence-electron chi connectivity index (χ4n) is 4.01. The molecule has 158 valence electrons. The molecular formula is C24H23ClN4O2. The molecular weight excluding hydrogens is 412 g/mol. The van der Waals surface area contributed by atoms with Crippen molar-refractivity contribution < 1.29 is 4.79 Å². The van der Waals surface area contributed by atoms with E-state index in [1.165, 1.54) is 4.68 Å². The Bertz CT molecular complexity index is 1320. The van der Waals surface area contributed by atoms with Crippen molar-refractivity contribution in [2.24, 2.45) is 0 Å². The van der Waals surface area contributed by atoms with Gasteiger partial charge in [-0.2, -0.15) is 9.78 Å². The van der Waals surface area contributed by atoms with Crippen molar-refractivity contribution in [2.75, 3.05) is 0 Å². The minimum absolute atomic E-state index is 0.136. The number of aryl methyl sites for hydroxylation is 2. The summed E-state index contributed by atoms with van der Waals surface area (Å²) >= 11 is 6.02. The molecule has 2 aromatic carbocycles. The zero-order valence-corrected chi connectivity index (χ0v) is 18.3. The van der Waals surface area contributed by atoms with E-state index in [9.17, 15) is 9.59 Å². The molecule has 0 saturated carbocycles. The van der Waals surface area contributed by atoms with Crippen molar-refractivity contribution in [3.8, 4) is 5.69 Å². The van der Waals surface area contributed by atoms with E-state index >= 15 is 0 Å². The Hall–Kier alpha value is -3.38. The maximum atomic E-state index is 13.2. The van der Waals surface area contributed by atoms with Gasteiger partial charge in [-0.25, -0.2) is 0 Å². The number of benzene rings is 2. The fourth-order valence-corrected chi connectivity index (χ4v) is 4.23. The lowest BCUT2D eigenvalue weighted by Gasteiger charge is -2.18. The number of nitrogens with one attached hydrogen (secondary N) is 1. The molecule has 0 radical (unpaired) electrons. The van der Waals surface area contributed by atoms with Crippen LogP contribution in [0, 0.1) is 13.8 Å². The Morgan fingerprint density at radius 1 is 1.10 bits per heavy atom. The van der Waals surface area contributed by atoms with Crippen LogP contribution in [0.1, 0.15) is 29.9 Å². The number of amides is 1. The molecule has 1 amide bonds. The number of aromatic nitrogens is 3. The van der Waals surface area contributed by atoms with Crippen LogP contribution in [-0.4, -0.2) is 20.3 Å². The van der Waals surface area contributed by atoms with Crippen LogP contribution in [0.4, 0.5) is 0 Å².